The van der Waals surface area contributed by atoms with Crippen molar-refractivity contribution in [2.24, 2.45) is 7.05 Å². The Morgan fingerprint density at radius 2 is 1.78 bits per heavy atom. The molecule has 0 unspecified atom stereocenters. The number of nitrogens with zero attached hydrogens (tertiary/aromatic N) is 3. The zero-order valence-corrected chi connectivity index (χ0v) is 18.4. The molecule has 1 amide bonds. The van der Waals surface area contributed by atoms with Gasteiger partial charge in [-0.05, 0) is 29.8 Å². The lowest BCUT2D eigenvalue weighted by molar-refractivity contribution is 0.0942. The highest BCUT2D eigenvalue weighted by molar-refractivity contribution is 7.89. The van der Waals surface area contributed by atoms with E-state index in [1.807, 2.05) is 0 Å². The van der Waals surface area contributed by atoms with E-state index in [9.17, 15) is 27.5 Å². The Balaban J connectivity index is 2.07. The van der Waals surface area contributed by atoms with Gasteiger partial charge >= 0.3 is 0 Å². The third-order valence-electron chi connectivity index (χ3n) is 4.73. The second-order valence-electron chi connectivity index (χ2n) is 7.09. The molecule has 0 radical (unpaired) electrons. The van der Waals surface area contributed by atoms with Crippen LogP contribution in [0.15, 0.2) is 58.2 Å². The van der Waals surface area contributed by atoms with Gasteiger partial charge in [0.05, 0.1) is 4.90 Å². The molecule has 168 valence electrons. The minimum atomic E-state index is -3.89. The van der Waals surface area contributed by atoms with E-state index in [4.69, 9.17) is 0 Å². The lowest BCUT2D eigenvalue weighted by atomic mass is 10.2. The Bertz CT molecular complexity index is 1340. The molecule has 0 aliphatic rings. The minimum absolute atomic E-state index is 0.00360. The zero-order chi connectivity index (χ0) is 23.6. The van der Waals surface area contributed by atoms with E-state index in [-0.39, 0.29) is 22.8 Å². The summed E-state index contributed by atoms with van der Waals surface area (Å²) in [7, 11) is 0.145. The van der Waals surface area contributed by atoms with Crippen LogP contribution in [0.4, 0.5) is 4.39 Å². The first-order valence-corrected chi connectivity index (χ1v) is 10.8. The van der Waals surface area contributed by atoms with E-state index < -0.39 is 38.8 Å². The van der Waals surface area contributed by atoms with Crippen molar-refractivity contribution < 1.29 is 22.7 Å². The molecule has 3 aromatic rings. The topological polar surface area (TPSA) is 122 Å². The van der Waals surface area contributed by atoms with Crippen molar-refractivity contribution in [2.45, 2.75) is 11.4 Å². The molecule has 0 atom stereocenters. The number of carbonyl (C=O) groups excluding carboxylic acids is 1. The summed E-state index contributed by atoms with van der Waals surface area (Å²) in [5, 5.41) is 12.7. The van der Waals surface area contributed by atoms with Gasteiger partial charge in [-0.2, -0.15) is 0 Å². The third-order valence-corrected chi connectivity index (χ3v) is 6.61. The lowest BCUT2D eigenvalue weighted by Crippen LogP contribution is -2.29. The maximum Gasteiger partial charge on any atom is 0.296 e. The Morgan fingerprint density at radius 1 is 1.16 bits per heavy atom. The van der Waals surface area contributed by atoms with Gasteiger partial charge in [0.2, 0.25) is 15.8 Å². The van der Waals surface area contributed by atoms with E-state index in [2.05, 4.69) is 10.3 Å². The molecule has 2 N–H and O–H groups in total. The Kier molecular flexibility index (Phi) is 6.42. The van der Waals surface area contributed by atoms with Crippen LogP contribution >= 0.6 is 0 Å². The molecule has 9 nitrogen and oxygen atoms in total. The van der Waals surface area contributed by atoms with E-state index in [1.165, 1.54) is 63.6 Å². The normalized spacial score (nSPS) is 11.5. The number of carbonyl (C=O) groups is 1. The number of sulfonamides is 1. The molecule has 11 heteroatoms. The van der Waals surface area contributed by atoms with Crippen LogP contribution in [-0.2, 0) is 23.6 Å². The van der Waals surface area contributed by atoms with Gasteiger partial charge in [0.15, 0.2) is 5.69 Å². The number of rotatable bonds is 6. The molecule has 0 saturated heterocycles. The molecular formula is C21H21FN4O5S. The number of aromatic hydroxyl groups is 1. The standard InChI is InChI=1S/C21H21FN4O5S/c1-25(2)32(30,31)16-7-5-4-6-15(16)19-24-17(18(27)21(29)26(19)3)20(28)23-12-13-8-10-14(22)11-9-13/h4-11,27H,12H2,1-3H3,(H,23,28). The monoisotopic (exact) mass is 460 g/mol. The van der Waals surface area contributed by atoms with Crippen LogP contribution in [0.3, 0.4) is 0 Å². The predicted molar refractivity (Wildman–Crippen MR) is 115 cm³/mol. The maximum absolute atomic E-state index is 13.0. The van der Waals surface area contributed by atoms with Crippen molar-refractivity contribution in [2.75, 3.05) is 14.1 Å². The summed E-state index contributed by atoms with van der Waals surface area (Å²) in [6, 6.07) is 11.3. The fraction of sp³-hybridized carbons (Fsp3) is 0.190. The first-order valence-electron chi connectivity index (χ1n) is 9.38. The van der Waals surface area contributed by atoms with E-state index in [1.54, 1.807) is 6.07 Å². The molecular weight excluding hydrogens is 439 g/mol. The van der Waals surface area contributed by atoms with Gasteiger partial charge in [-0.15, -0.1) is 0 Å². The SMILES string of the molecule is CN(C)S(=O)(=O)c1ccccc1-c1nc(C(=O)NCc2ccc(F)cc2)c(O)c(=O)n1C. The Hall–Kier alpha value is -3.57. The molecule has 0 aliphatic heterocycles. The van der Waals surface area contributed by atoms with E-state index in [0.717, 1.165) is 8.87 Å². The predicted octanol–water partition coefficient (Wildman–Crippen LogP) is 1.47. The number of hydrogen-bond donors (Lipinski definition) is 2. The van der Waals surface area contributed by atoms with Crippen molar-refractivity contribution in [1.82, 2.24) is 19.2 Å². The van der Waals surface area contributed by atoms with Gasteiger partial charge in [0.25, 0.3) is 11.5 Å². The molecule has 0 saturated carbocycles. The number of halogens is 1. The smallest absolute Gasteiger partial charge is 0.296 e. The number of benzene rings is 2. The van der Waals surface area contributed by atoms with Crippen LogP contribution in [0.25, 0.3) is 11.4 Å². The van der Waals surface area contributed by atoms with Crippen molar-refractivity contribution >= 4 is 15.9 Å². The highest BCUT2D eigenvalue weighted by Gasteiger charge is 2.26. The number of amides is 1. The number of hydrogen-bond acceptors (Lipinski definition) is 6. The second-order valence-corrected chi connectivity index (χ2v) is 9.21. The van der Waals surface area contributed by atoms with Gasteiger partial charge in [-0.25, -0.2) is 22.1 Å². The van der Waals surface area contributed by atoms with Crippen LogP contribution in [0.5, 0.6) is 5.75 Å². The average Bonchev–Trinajstić information content (AvgIpc) is 2.77. The molecule has 1 aromatic heterocycles. The molecule has 32 heavy (non-hydrogen) atoms. The molecule has 3 rings (SSSR count). The molecule has 2 aromatic carbocycles. The summed E-state index contributed by atoms with van der Waals surface area (Å²) in [6.07, 6.45) is 0. The lowest BCUT2D eigenvalue weighted by Gasteiger charge is -2.17. The van der Waals surface area contributed by atoms with Crippen LogP contribution in [0.1, 0.15) is 16.1 Å². The average molecular weight is 460 g/mol. The van der Waals surface area contributed by atoms with Gasteiger partial charge in [0, 0.05) is 33.3 Å². The zero-order valence-electron chi connectivity index (χ0n) is 17.5. The first-order chi connectivity index (χ1) is 15.0. The largest absolute Gasteiger partial charge is 0.501 e. The Morgan fingerprint density at radius 3 is 2.41 bits per heavy atom. The van der Waals surface area contributed by atoms with Crippen LogP contribution in [0.2, 0.25) is 0 Å². The fourth-order valence-corrected chi connectivity index (χ4v) is 4.01. The van der Waals surface area contributed by atoms with E-state index in [0.29, 0.717) is 5.56 Å². The molecule has 0 aliphatic carbocycles. The minimum Gasteiger partial charge on any atom is -0.501 e. The summed E-state index contributed by atoms with van der Waals surface area (Å²) in [5.74, 6) is -2.26. The van der Waals surface area contributed by atoms with Crippen LogP contribution < -0.4 is 10.9 Å². The van der Waals surface area contributed by atoms with Crippen molar-refractivity contribution in [3.8, 4) is 17.1 Å². The summed E-state index contributed by atoms with van der Waals surface area (Å²) < 4.78 is 40.5. The highest BCUT2D eigenvalue weighted by atomic mass is 32.2. The summed E-state index contributed by atoms with van der Waals surface area (Å²) in [5.41, 5.74) is -0.791. The summed E-state index contributed by atoms with van der Waals surface area (Å²) in [4.78, 5) is 29.3. The van der Waals surface area contributed by atoms with Crippen molar-refractivity contribution in [3.05, 3.63) is 76.0 Å². The highest BCUT2D eigenvalue weighted by Crippen LogP contribution is 2.27. The van der Waals surface area contributed by atoms with Gasteiger partial charge in [-0.1, -0.05) is 24.3 Å². The summed E-state index contributed by atoms with van der Waals surface area (Å²) >= 11 is 0. The fourth-order valence-electron chi connectivity index (χ4n) is 2.93. The molecule has 0 fully saturated rings. The maximum atomic E-state index is 13.0. The van der Waals surface area contributed by atoms with Gasteiger partial charge in [0.1, 0.15) is 11.6 Å². The number of aromatic nitrogens is 2. The van der Waals surface area contributed by atoms with Crippen molar-refractivity contribution in [3.63, 3.8) is 0 Å². The molecule has 1 heterocycles. The summed E-state index contributed by atoms with van der Waals surface area (Å²) in [6.45, 7) is -0.00360. The number of nitrogens with one attached hydrogen (secondary N) is 1. The first kappa shape index (κ1) is 23.1. The van der Waals surface area contributed by atoms with Crippen LogP contribution in [0, 0.1) is 5.82 Å². The quantitative estimate of drug-likeness (QED) is 0.575. The van der Waals surface area contributed by atoms with E-state index >= 15 is 0 Å². The van der Waals surface area contributed by atoms with Gasteiger partial charge in [-0.3, -0.25) is 14.2 Å². The Labute approximate surface area is 183 Å². The molecule has 0 spiro atoms. The van der Waals surface area contributed by atoms with Crippen molar-refractivity contribution in [1.29, 1.82) is 0 Å². The molecule has 0 bridgehead atoms. The van der Waals surface area contributed by atoms with Crippen LogP contribution in [-0.4, -0.2) is 47.4 Å². The second kappa shape index (κ2) is 8.89. The van der Waals surface area contributed by atoms with Gasteiger partial charge < -0.3 is 10.4 Å². The third kappa shape index (κ3) is 4.39.